The number of nitrogens with one attached hydrogen (secondary N) is 2. The molecule has 22 nitrogen and oxygen atoms in total. The maximum atomic E-state index is 13.1. The summed E-state index contributed by atoms with van der Waals surface area (Å²) in [6.07, 6.45) is -23.5. The third kappa shape index (κ3) is 13.3. The Balaban J connectivity index is 1.02. The molecule has 2 amide bonds. The van der Waals surface area contributed by atoms with Gasteiger partial charge in [-0.15, -0.1) is 0 Å². The monoisotopic (exact) mass is 946 g/mol. The lowest BCUT2D eigenvalue weighted by molar-refractivity contribution is -0.376. The first-order valence-corrected chi connectivity index (χ1v) is 21.6. The van der Waals surface area contributed by atoms with Gasteiger partial charge < -0.3 is 94.5 Å². The number of ether oxygens (including phenoxy) is 8. The number of hydrogen-bond donors (Lipinski definition) is 11. The molecule has 67 heavy (non-hydrogen) atoms. The molecule has 0 saturated carbocycles. The van der Waals surface area contributed by atoms with E-state index >= 15 is 0 Å². The van der Waals surface area contributed by atoms with Crippen LogP contribution in [0.5, 0.6) is 5.75 Å². The Bertz CT molecular complexity index is 2030. The summed E-state index contributed by atoms with van der Waals surface area (Å²) in [5.74, 6) is -1.45. The fourth-order valence-electron chi connectivity index (χ4n) is 7.68. The molecule has 0 aromatic heterocycles. The molecule has 3 aliphatic heterocycles. The van der Waals surface area contributed by atoms with Crippen molar-refractivity contribution < 1.29 is 98.2 Å². The predicted molar refractivity (Wildman–Crippen MR) is 227 cm³/mol. The van der Waals surface area contributed by atoms with Crippen LogP contribution in [0.3, 0.4) is 0 Å². The summed E-state index contributed by atoms with van der Waals surface area (Å²) < 4.78 is 45.5. The van der Waals surface area contributed by atoms with Gasteiger partial charge in [-0.05, 0) is 41.3 Å². The molecule has 15 atom stereocenters. The smallest absolute Gasteiger partial charge is 0.338 e. The van der Waals surface area contributed by atoms with Gasteiger partial charge in [-0.25, -0.2) is 4.79 Å². The lowest BCUT2D eigenvalue weighted by atomic mass is 9.95. The van der Waals surface area contributed by atoms with Gasteiger partial charge >= 0.3 is 5.97 Å². The van der Waals surface area contributed by atoms with Gasteiger partial charge in [-0.2, -0.15) is 0 Å². The van der Waals surface area contributed by atoms with E-state index in [2.05, 4.69) is 10.6 Å². The highest BCUT2D eigenvalue weighted by Crippen LogP contribution is 2.33. The lowest BCUT2D eigenvalue weighted by Gasteiger charge is -2.48. The normalized spacial score (nSPS) is 31.9. The molecule has 9 unspecified atom stereocenters. The summed E-state index contributed by atoms with van der Waals surface area (Å²) >= 11 is 0. The van der Waals surface area contributed by atoms with Gasteiger partial charge in [0, 0.05) is 13.5 Å². The number of aliphatic hydroxyl groups excluding tert-OH is 9. The number of carbonyl (C=O) groups is 3. The number of esters is 1. The van der Waals surface area contributed by atoms with E-state index in [1.807, 2.05) is 60.7 Å². The molecular formula is C45H58N2O20. The van der Waals surface area contributed by atoms with Crippen LogP contribution in [0, 0.1) is 0 Å². The Morgan fingerprint density at radius 3 is 1.91 bits per heavy atom. The molecule has 3 saturated heterocycles. The molecule has 368 valence electrons. The van der Waals surface area contributed by atoms with Gasteiger partial charge in [0.25, 0.3) is 5.91 Å². The van der Waals surface area contributed by atoms with E-state index < -0.39 is 136 Å². The molecule has 3 aromatic carbocycles. The quantitative estimate of drug-likeness (QED) is 0.0403. The van der Waals surface area contributed by atoms with E-state index in [0.29, 0.717) is 5.56 Å². The van der Waals surface area contributed by atoms with E-state index in [-0.39, 0.29) is 37.5 Å². The molecule has 0 spiro atoms. The van der Waals surface area contributed by atoms with Crippen molar-refractivity contribution in [3.63, 3.8) is 0 Å². The summed E-state index contributed by atoms with van der Waals surface area (Å²) in [4.78, 5) is 38.2. The average Bonchev–Trinajstić information content (AvgIpc) is 3.33. The van der Waals surface area contributed by atoms with Crippen molar-refractivity contribution in [1.29, 1.82) is 0 Å². The second kappa shape index (κ2) is 24.5. The summed E-state index contributed by atoms with van der Waals surface area (Å²) in [6, 6.07) is 22.0. The largest absolute Gasteiger partial charge is 0.484 e. The highest BCUT2D eigenvalue weighted by Gasteiger charge is 2.54. The van der Waals surface area contributed by atoms with Gasteiger partial charge in [0.2, 0.25) is 5.91 Å². The summed E-state index contributed by atoms with van der Waals surface area (Å²) in [6.45, 7) is -1.64. The van der Waals surface area contributed by atoms with Crippen LogP contribution in [0.4, 0.5) is 0 Å². The first kappa shape index (κ1) is 51.7. The second-order valence-corrected chi connectivity index (χ2v) is 16.1. The van der Waals surface area contributed by atoms with Crippen molar-refractivity contribution in [2.75, 3.05) is 39.6 Å². The zero-order valence-corrected chi connectivity index (χ0v) is 36.3. The maximum Gasteiger partial charge on any atom is 0.338 e. The number of benzene rings is 3. The van der Waals surface area contributed by atoms with Gasteiger partial charge in [0.05, 0.1) is 32.0 Å². The van der Waals surface area contributed by atoms with E-state index in [1.165, 1.54) is 6.07 Å². The van der Waals surface area contributed by atoms with Crippen molar-refractivity contribution >= 4 is 17.8 Å². The first-order valence-electron chi connectivity index (χ1n) is 21.6. The number of rotatable bonds is 20. The van der Waals surface area contributed by atoms with E-state index in [9.17, 15) is 60.3 Å². The van der Waals surface area contributed by atoms with Gasteiger partial charge in [0.1, 0.15) is 85.5 Å². The molecule has 6 rings (SSSR count). The molecule has 11 N–H and O–H groups in total. The van der Waals surface area contributed by atoms with Crippen LogP contribution in [-0.2, 0) is 49.4 Å². The molecular weight excluding hydrogens is 888 g/mol. The van der Waals surface area contributed by atoms with Gasteiger partial charge in [-0.1, -0.05) is 60.7 Å². The summed E-state index contributed by atoms with van der Waals surface area (Å²) in [5, 5.41) is 99.7. The molecule has 0 bridgehead atoms. The standard InChI is InChI=1S/C45H58N2O20/c1-23(51)47-33-36(55)40(66-45-39(58)41(35(54)30(19-49)64-45)67-44-38(57)37(56)34(53)29(18-48)63-44)31(20-50)65-43(33)60-14-8-13-46-32(52)22-61-28-16-26(25-11-6-3-7-12-25)15-27(17-28)42(59)62-21-24-9-4-2-5-10-24/h2-7,9-12,15-17,29-31,33-41,43-45,48-50,53-58H,8,13-14,18-22H2,1H3,(H,46,52)(H,47,51)/t29?,30?,31?,33?,34-,35-,36?,37?,38?,39?,40+,41?,43+,44+,45-/m0/s1. The first-order chi connectivity index (χ1) is 32.2. The van der Waals surface area contributed by atoms with Crippen LogP contribution in [0.15, 0.2) is 78.9 Å². The van der Waals surface area contributed by atoms with Crippen LogP contribution >= 0.6 is 0 Å². The van der Waals surface area contributed by atoms with Crippen LogP contribution in [0.25, 0.3) is 11.1 Å². The third-order valence-electron chi connectivity index (χ3n) is 11.2. The van der Waals surface area contributed by atoms with Crippen LogP contribution in [-0.4, -0.2) is 195 Å². The molecule has 3 heterocycles. The second-order valence-electron chi connectivity index (χ2n) is 16.1. The van der Waals surface area contributed by atoms with Crippen molar-refractivity contribution in [1.82, 2.24) is 10.6 Å². The van der Waals surface area contributed by atoms with Crippen molar-refractivity contribution in [3.8, 4) is 16.9 Å². The number of carbonyl (C=O) groups excluding carboxylic acids is 3. The van der Waals surface area contributed by atoms with E-state index in [1.54, 1.807) is 12.1 Å². The van der Waals surface area contributed by atoms with Crippen LogP contribution < -0.4 is 15.4 Å². The highest BCUT2D eigenvalue weighted by molar-refractivity contribution is 5.92. The van der Waals surface area contributed by atoms with Gasteiger partial charge in [0.15, 0.2) is 25.5 Å². The Morgan fingerprint density at radius 1 is 0.642 bits per heavy atom. The minimum absolute atomic E-state index is 0.0632. The third-order valence-corrected chi connectivity index (χ3v) is 11.2. The van der Waals surface area contributed by atoms with Crippen LogP contribution in [0.1, 0.15) is 29.3 Å². The van der Waals surface area contributed by atoms with Crippen LogP contribution in [0.2, 0.25) is 0 Å². The van der Waals surface area contributed by atoms with E-state index in [4.69, 9.17) is 37.9 Å². The Hall–Kier alpha value is -4.73. The molecule has 3 aliphatic rings. The SMILES string of the molecule is CC(=O)NC1C(O)[C@H](O[C@@H]2OC(CO)[C@H](O)C(O[C@H]3OC(CO)[C@H](O)C(O)C3O)C2O)C(CO)O[C@H]1OCCCNC(=O)COc1cc(C(=O)OCc2ccccc2)cc(-c2ccccc2)c1. The molecule has 3 fully saturated rings. The van der Waals surface area contributed by atoms with Gasteiger partial charge in [-0.3, -0.25) is 9.59 Å². The topological polar surface area (TPSA) is 331 Å². The summed E-state index contributed by atoms with van der Waals surface area (Å²) in [7, 11) is 0. The molecule has 0 radical (unpaired) electrons. The Kier molecular flexibility index (Phi) is 18.9. The van der Waals surface area contributed by atoms with Crippen molar-refractivity contribution in [2.45, 2.75) is 112 Å². The molecule has 0 aliphatic carbocycles. The van der Waals surface area contributed by atoms with E-state index in [0.717, 1.165) is 18.1 Å². The van der Waals surface area contributed by atoms with Crippen molar-refractivity contribution in [3.05, 3.63) is 90.0 Å². The predicted octanol–water partition coefficient (Wildman–Crippen LogP) is -2.80. The zero-order chi connectivity index (χ0) is 48.2. The minimum atomic E-state index is -1.98. The number of amides is 2. The maximum absolute atomic E-state index is 13.1. The average molecular weight is 947 g/mol. The lowest BCUT2D eigenvalue weighted by Crippen LogP contribution is -2.68. The van der Waals surface area contributed by atoms with Crippen molar-refractivity contribution in [2.24, 2.45) is 0 Å². The number of hydrogen-bond acceptors (Lipinski definition) is 20. The fraction of sp³-hybridized carbons (Fsp3) is 0.533. The number of aliphatic hydroxyl groups is 9. The fourth-order valence-corrected chi connectivity index (χ4v) is 7.68. The Morgan fingerprint density at radius 2 is 1.25 bits per heavy atom. The minimum Gasteiger partial charge on any atom is -0.484 e. The molecule has 3 aromatic rings. The summed E-state index contributed by atoms with van der Waals surface area (Å²) in [5.41, 5.74) is 2.51. The zero-order valence-electron chi connectivity index (χ0n) is 36.3. The molecule has 22 heteroatoms. The highest BCUT2D eigenvalue weighted by atomic mass is 16.8. The Labute approximate surface area is 384 Å².